The summed E-state index contributed by atoms with van der Waals surface area (Å²) in [7, 11) is -3.30. The quantitative estimate of drug-likeness (QED) is 0.656. The van der Waals surface area contributed by atoms with Gasteiger partial charge in [0.1, 0.15) is 0 Å². The maximum atomic E-state index is 12.9. The Balaban J connectivity index is 1.40. The van der Waals surface area contributed by atoms with Gasteiger partial charge < -0.3 is 5.32 Å². The molecule has 1 atom stereocenters. The van der Waals surface area contributed by atoms with Gasteiger partial charge in [0.05, 0.1) is 11.8 Å². The van der Waals surface area contributed by atoms with Crippen molar-refractivity contribution in [3.63, 3.8) is 0 Å². The number of sulfonamides is 1. The van der Waals surface area contributed by atoms with Gasteiger partial charge in [-0.1, -0.05) is 43.7 Å². The molecule has 0 unspecified atom stereocenters. The van der Waals surface area contributed by atoms with Crippen molar-refractivity contribution >= 4 is 15.9 Å². The highest BCUT2D eigenvalue weighted by Gasteiger charge is 2.24. The van der Waals surface area contributed by atoms with Crippen LogP contribution in [0.2, 0.25) is 0 Å². The van der Waals surface area contributed by atoms with E-state index in [0.29, 0.717) is 24.2 Å². The fraction of sp³-hybridized carbons (Fsp3) is 0.500. The van der Waals surface area contributed by atoms with Crippen molar-refractivity contribution in [2.24, 2.45) is 0 Å². The van der Waals surface area contributed by atoms with Crippen molar-refractivity contribution in [2.75, 3.05) is 13.1 Å². The van der Waals surface area contributed by atoms with Gasteiger partial charge in [-0.05, 0) is 79.3 Å². The van der Waals surface area contributed by atoms with Crippen LogP contribution in [0.3, 0.4) is 0 Å². The van der Waals surface area contributed by atoms with Gasteiger partial charge in [0.15, 0.2) is 0 Å². The van der Waals surface area contributed by atoms with Crippen LogP contribution in [0.15, 0.2) is 42.5 Å². The van der Waals surface area contributed by atoms with Gasteiger partial charge in [0.2, 0.25) is 10.0 Å². The average molecular weight is 455 g/mol. The zero-order valence-corrected chi connectivity index (χ0v) is 19.8. The van der Waals surface area contributed by atoms with Crippen LogP contribution in [-0.2, 0) is 28.6 Å². The molecule has 1 saturated heterocycles. The molecule has 1 aliphatic heterocycles. The number of nitrogens with zero attached hydrogens (tertiary/aromatic N) is 1. The van der Waals surface area contributed by atoms with Crippen LogP contribution in [0.1, 0.15) is 84.1 Å². The van der Waals surface area contributed by atoms with E-state index in [1.807, 2.05) is 0 Å². The molecule has 0 radical (unpaired) electrons. The van der Waals surface area contributed by atoms with E-state index < -0.39 is 10.0 Å². The number of amides is 1. The molecule has 1 N–H and O–H groups in total. The number of carbonyl (C=O) groups is 1. The van der Waals surface area contributed by atoms with E-state index in [1.54, 1.807) is 28.6 Å². The molecule has 5 nitrogen and oxygen atoms in total. The Morgan fingerprint density at radius 1 is 0.938 bits per heavy atom. The van der Waals surface area contributed by atoms with Crippen LogP contribution in [0.25, 0.3) is 0 Å². The second-order valence-corrected chi connectivity index (χ2v) is 11.1. The summed E-state index contributed by atoms with van der Waals surface area (Å²) >= 11 is 0. The highest BCUT2D eigenvalue weighted by Crippen LogP contribution is 2.26. The molecular formula is C26H34N2O3S. The zero-order valence-electron chi connectivity index (χ0n) is 19.0. The summed E-state index contributed by atoms with van der Waals surface area (Å²) in [6, 6.07) is 13.6. The van der Waals surface area contributed by atoms with Crippen molar-refractivity contribution in [3.05, 3.63) is 70.3 Å². The number of carbonyl (C=O) groups excluding carboxylic acids is 1. The fourth-order valence-corrected chi connectivity index (χ4v) is 6.44. The van der Waals surface area contributed by atoms with Crippen molar-refractivity contribution < 1.29 is 13.2 Å². The lowest BCUT2D eigenvalue weighted by Gasteiger charge is -2.25. The lowest BCUT2D eigenvalue weighted by Crippen LogP contribution is -2.36. The third-order valence-electron chi connectivity index (χ3n) is 6.76. The Morgan fingerprint density at radius 3 is 2.31 bits per heavy atom. The molecule has 2 aliphatic rings. The van der Waals surface area contributed by atoms with Crippen LogP contribution >= 0.6 is 0 Å². The van der Waals surface area contributed by atoms with Crippen LogP contribution in [0.4, 0.5) is 0 Å². The Labute approximate surface area is 192 Å². The molecule has 2 aromatic carbocycles. The molecule has 0 bridgehead atoms. The van der Waals surface area contributed by atoms with E-state index in [1.165, 1.54) is 24.0 Å². The molecule has 1 aliphatic carbocycles. The lowest BCUT2D eigenvalue weighted by molar-refractivity contribution is 0.0935. The first kappa shape index (κ1) is 23.0. The van der Waals surface area contributed by atoms with Crippen molar-refractivity contribution in [1.29, 1.82) is 0 Å². The minimum absolute atomic E-state index is 0.0123. The first-order valence-electron chi connectivity index (χ1n) is 12.0. The molecule has 4 rings (SSSR count). The number of nitrogens with one attached hydrogen (secondary N) is 1. The third-order valence-corrected chi connectivity index (χ3v) is 8.61. The first-order chi connectivity index (χ1) is 15.5. The number of rotatable bonds is 7. The predicted molar refractivity (Wildman–Crippen MR) is 128 cm³/mol. The summed E-state index contributed by atoms with van der Waals surface area (Å²) in [6.07, 6.45) is 8.54. The standard InChI is InChI=1S/C26H34N2O3S/c1-2-25(24-15-14-21-8-4-5-9-23(21)18-24)27-26(29)22-12-10-20(11-13-22)19-32(30,31)28-16-6-3-7-17-28/h10-15,18,25H,2-9,16-17,19H2,1H3,(H,27,29)/t25-/m0/s1. The van der Waals surface area contributed by atoms with Gasteiger partial charge in [-0.25, -0.2) is 12.7 Å². The van der Waals surface area contributed by atoms with Gasteiger partial charge >= 0.3 is 0 Å². The Morgan fingerprint density at radius 2 is 1.62 bits per heavy atom. The van der Waals surface area contributed by atoms with E-state index in [2.05, 4.69) is 30.4 Å². The molecule has 1 fully saturated rings. The topological polar surface area (TPSA) is 66.5 Å². The Bertz CT molecular complexity index is 1040. The summed E-state index contributed by atoms with van der Waals surface area (Å²) < 4.78 is 26.9. The molecule has 1 amide bonds. The first-order valence-corrected chi connectivity index (χ1v) is 13.6. The normalized spacial score (nSPS) is 18.0. The summed E-state index contributed by atoms with van der Waals surface area (Å²) in [6.45, 7) is 3.31. The second-order valence-electron chi connectivity index (χ2n) is 9.08. The SMILES string of the molecule is CC[C@H](NC(=O)c1ccc(CS(=O)(=O)N2CCCCC2)cc1)c1ccc2c(c1)CCCC2. The molecule has 1 heterocycles. The van der Waals surface area contributed by atoms with Gasteiger partial charge in [0.25, 0.3) is 5.91 Å². The molecule has 0 aromatic heterocycles. The van der Waals surface area contributed by atoms with E-state index in [-0.39, 0.29) is 17.7 Å². The largest absolute Gasteiger partial charge is 0.345 e. The second kappa shape index (κ2) is 10.2. The Kier molecular flexibility index (Phi) is 7.31. The van der Waals surface area contributed by atoms with E-state index in [4.69, 9.17) is 0 Å². The average Bonchev–Trinajstić information content (AvgIpc) is 2.83. The van der Waals surface area contributed by atoms with Gasteiger partial charge in [-0.15, -0.1) is 0 Å². The molecular weight excluding hydrogens is 420 g/mol. The molecule has 2 aromatic rings. The molecule has 172 valence electrons. The molecule has 6 heteroatoms. The van der Waals surface area contributed by atoms with Gasteiger partial charge in [-0.3, -0.25) is 4.79 Å². The number of fused-ring (bicyclic) bond motifs is 1. The molecule has 0 saturated carbocycles. The Hall–Kier alpha value is -2.18. The van der Waals surface area contributed by atoms with E-state index in [9.17, 15) is 13.2 Å². The van der Waals surface area contributed by atoms with Crippen LogP contribution < -0.4 is 5.32 Å². The van der Waals surface area contributed by atoms with Crippen molar-refractivity contribution in [3.8, 4) is 0 Å². The summed E-state index contributed by atoms with van der Waals surface area (Å²) in [5.74, 6) is -0.137. The smallest absolute Gasteiger partial charge is 0.251 e. The van der Waals surface area contributed by atoms with Gasteiger partial charge in [-0.2, -0.15) is 0 Å². The summed E-state index contributed by atoms with van der Waals surface area (Å²) in [5.41, 5.74) is 5.29. The molecule has 32 heavy (non-hydrogen) atoms. The van der Waals surface area contributed by atoms with E-state index >= 15 is 0 Å². The maximum absolute atomic E-state index is 12.9. The van der Waals surface area contributed by atoms with E-state index in [0.717, 1.165) is 44.1 Å². The van der Waals surface area contributed by atoms with Crippen LogP contribution in [0, 0.1) is 0 Å². The summed E-state index contributed by atoms with van der Waals surface area (Å²) in [4.78, 5) is 12.9. The zero-order chi connectivity index (χ0) is 22.6. The maximum Gasteiger partial charge on any atom is 0.251 e. The van der Waals surface area contributed by atoms with Gasteiger partial charge in [0, 0.05) is 18.7 Å². The van der Waals surface area contributed by atoms with Crippen LogP contribution in [-0.4, -0.2) is 31.7 Å². The number of hydrogen-bond acceptors (Lipinski definition) is 3. The lowest BCUT2D eigenvalue weighted by atomic mass is 9.88. The minimum atomic E-state index is -3.30. The number of piperidine rings is 1. The summed E-state index contributed by atoms with van der Waals surface area (Å²) in [5, 5.41) is 3.16. The van der Waals surface area contributed by atoms with Crippen LogP contribution in [0.5, 0.6) is 0 Å². The molecule has 0 spiro atoms. The number of hydrogen-bond donors (Lipinski definition) is 1. The monoisotopic (exact) mass is 454 g/mol. The predicted octanol–water partition coefficient (Wildman–Crippen LogP) is 4.76. The highest BCUT2D eigenvalue weighted by atomic mass is 32.2. The minimum Gasteiger partial charge on any atom is -0.345 e. The van der Waals surface area contributed by atoms with Crippen molar-refractivity contribution in [1.82, 2.24) is 9.62 Å². The fourth-order valence-electron chi connectivity index (χ4n) is 4.83. The van der Waals surface area contributed by atoms with Crippen molar-refractivity contribution in [2.45, 2.75) is 70.1 Å². The third kappa shape index (κ3) is 5.41. The highest BCUT2D eigenvalue weighted by molar-refractivity contribution is 7.88. The number of benzene rings is 2. The number of aryl methyl sites for hydroxylation is 2.